The molecule has 19 heavy (non-hydrogen) atoms. The van der Waals surface area contributed by atoms with Crippen LogP contribution in [0, 0.1) is 0 Å². The molecule has 2 fully saturated rings. The predicted molar refractivity (Wildman–Crippen MR) is 72.7 cm³/mol. The summed E-state index contributed by atoms with van der Waals surface area (Å²) in [5.41, 5.74) is 7.40. The van der Waals surface area contributed by atoms with Gasteiger partial charge in [-0.15, -0.1) is 0 Å². The molecule has 2 N–H and O–H groups in total. The van der Waals surface area contributed by atoms with Crippen molar-refractivity contribution in [1.29, 1.82) is 0 Å². The van der Waals surface area contributed by atoms with E-state index in [1.165, 1.54) is 5.56 Å². The quantitative estimate of drug-likeness (QED) is 0.881. The Kier molecular flexibility index (Phi) is 3.37. The lowest BCUT2D eigenvalue weighted by Gasteiger charge is -2.17. The van der Waals surface area contributed by atoms with Crippen LogP contribution < -0.4 is 15.2 Å². The van der Waals surface area contributed by atoms with Crippen LogP contribution in [-0.4, -0.2) is 32.0 Å². The molecule has 0 spiro atoms. The van der Waals surface area contributed by atoms with Crippen LogP contribution in [0.4, 0.5) is 0 Å². The molecule has 1 atom stereocenters. The largest absolute Gasteiger partial charge is 0.493 e. The van der Waals surface area contributed by atoms with Gasteiger partial charge in [0.2, 0.25) is 0 Å². The topological polar surface area (TPSA) is 53.7 Å². The minimum absolute atomic E-state index is 0.0162. The fourth-order valence-corrected chi connectivity index (χ4v) is 2.45. The van der Waals surface area contributed by atoms with E-state index in [-0.39, 0.29) is 11.6 Å². The summed E-state index contributed by atoms with van der Waals surface area (Å²) in [4.78, 5) is 0. The molecule has 1 saturated heterocycles. The van der Waals surface area contributed by atoms with Gasteiger partial charge >= 0.3 is 0 Å². The second-order valence-corrected chi connectivity index (χ2v) is 5.63. The van der Waals surface area contributed by atoms with Crippen LogP contribution in [0.25, 0.3) is 0 Å². The number of rotatable bonds is 5. The fourth-order valence-electron chi connectivity index (χ4n) is 2.45. The van der Waals surface area contributed by atoms with Crippen LogP contribution in [-0.2, 0) is 11.2 Å². The molecule has 4 heteroatoms. The summed E-state index contributed by atoms with van der Waals surface area (Å²) in [5, 5.41) is 0. The maximum Gasteiger partial charge on any atom is 0.161 e. The Morgan fingerprint density at radius 1 is 1.37 bits per heavy atom. The summed E-state index contributed by atoms with van der Waals surface area (Å²) >= 11 is 0. The third-order valence-electron chi connectivity index (χ3n) is 3.86. The number of ether oxygens (including phenoxy) is 3. The molecule has 0 bridgehead atoms. The standard InChI is InChI=1S/C15H21NO3/c1-17-13-3-2-11(9-15(16)5-6-15)8-14(13)19-12-4-7-18-10-12/h2-3,8,12H,4-7,9-10,16H2,1H3. The Labute approximate surface area is 113 Å². The van der Waals surface area contributed by atoms with Crippen molar-refractivity contribution < 1.29 is 14.2 Å². The highest BCUT2D eigenvalue weighted by Crippen LogP contribution is 2.38. The first kappa shape index (κ1) is 12.8. The van der Waals surface area contributed by atoms with E-state index in [4.69, 9.17) is 19.9 Å². The van der Waals surface area contributed by atoms with E-state index in [1.807, 2.05) is 6.07 Å². The first-order valence-corrected chi connectivity index (χ1v) is 6.89. The molecule has 1 aliphatic carbocycles. The van der Waals surface area contributed by atoms with Crippen LogP contribution in [0.3, 0.4) is 0 Å². The SMILES string of the molecule is COc1ccc(CC2(N)CC2)cc1OC1CCOC1. The lowest BCUT2D eigenvalue weighted by molar-refractivity contribution is 0.138. The molecule has 1 aromatic rings. The van der Waals surface area contributed by atoms with Gasteiger partial charge in [-0.3, -0.25) is 0 Å². The van der Waals surface area contributed by atoms with Crippen LogP contribution in [0.2, 0.25) is 0 Å². The molecule has 0 radical (unpaired) electrons. The van der Waals surface area contributed by atoms with Crippen molar-refractivity contribution >= 4 is 0 Å². The van der Waals surface area contributed by atoms with Crippen LogP contribution in [0.5, 0.6) is 11.5 Å². The highest BCUT2D eigenvalue weighted by molar-refractivity contribution is 5.44. The molecular weight excluding hydrogens is 242 g/mol. The van der Waals surface area contributed by atoms with Gasteiger partial charge in [0.15, 0.2) is 11.5 Å². The summed E-state index contributed by atoms with van der Waals surface area (Å²) in [6.45, 7) is 1.44. The zero-order chi connectivity index (χ0) is 13.3. The van der Waals surface area contributed by atoms with Crippen molar-refractivity contribution in [2.24, 2.45) is 5.73 Å². The molecule has 1 aromatic carbocycles. The number of benzene rings is 1. The van der Waals surface area contributed by atoms with Gasteiger partial charge < -0.3 is 19.9 Å². The van der Waals surface area contributed by atoms with Gasteiger partial charge in [0.1, 0.15) is 6.10 Å². The molecule has 4 nitrogen and oxygen atoms in total. The van der Waals surface area contributed by atoms with Crippen molar-refractivity contribution in [3.05, 3.63) is 23.8 Å². The van der Waals surface area contributed by atoms with Gasteiger partial charge in [0, 0.05) is 12.0 Å². The molecule has 1 unspecified atom stereocenters. The lowest BCUT2D eigenvalue weighted by Crippen LogP contribution is -2.24. The Morgan fingerprint density at radius 2 is 2.21 bits per heavy atom. The van der Waals surface area contributed by atoms with Crippen molar-refractivity contribution in [3.8, 4) is 11.5 Å². The van der Waals surface area contributed by atoms with Crippen molar-refractivity contribution in [1.82, 2.24) is 0 Å². The molecule has 1 aliphatic heterocycles. The summed E-state index contributed by atoms with van der Waals surface area (Å²) in [6.07, 6.45) is 4.22. The Morgan fingerprint density at radius 3 is 2.84 bits per heavy atom. The van der Waals surface area contributed by atoms with E-state index in [9.17, 15) is 0 Å². The Hall–Kier alpha value is -1.26. The molecule has 3 rings (SSSR count). The zero-order valence-electron chi connectivity index (χ0n) is 11.4. The monoisotopic (exact) mass is 263 g/mol. The van der Waals surface area contributed by atoms with Gasteiger partial charge in [0.05, 0.1) is 20.3 Å². The van der Waals surface area contributed by atoms with Gasteiger partial charge in [-0.05, 0) is 37.0 Å². The van der Waals surface area contributed by atoms with E-state index < -0.39 is 0 Å². The molecule has 1 heterocycles. The third-order valence-corrected chi connectivity index (χ3v) is 3.86. The van der Waals surface area contributed by atoms with Crippen molar-refractivity contribution in [2.75, 3.05) is 20.3 Å². The Balaban J connectivity index is 1.76. The average molecular weight is 263 g/mol. The summed E-state index contributed by atoms with van der Waals surface area (Å²) < 4.78 is 16.7. The van der Waals surface area contributed by atoms with E-state index in [2.05, 4.69) is 12.1 Å². The highest BCUT2D eigenvalue weighted by Gasteiger charge is 2.38. The predicted octanol–water partition coefficient (Wildman–Crippen LogP) is 1.90. The van der Waals surface area contributed by atoms with Gasteiger partial charge in [-0.25, -0.2) is 0 Å². The van der Waals surface area contributed by atoms with Gasteiger partial charge in [-0.1, -0.05) is 6.07 Å². The molecule has 104 valence electrons. The second kappa shape index (κ2) is 5.02. The molecule has 0 aromatic heterocycles. The summed E-state index contributed by atoms with van der Waals surface area (Å²) in [5.74, 6) is 1.58. The maximum atomic E-state index is 6.17. The number of nitrogens with two attached hydrogens (primary N) is 1. The van der Waals surface area contributed by atoms with E-state index in [0.29, 0.717) is 6.61 Å². The summed E-state index contributed by atoms with van der Waals surface area (Å²) in [7, 11) is 1.67. The Bertz CT molecular complexity index is 451. The van der Waals surface area contributed by atoms with Crippen LogP contribution in [0.15, 0.2) is 18.2 Å². The van der Waals surface area contributed by atoms with Gasteiger partial charge in [-0.2, -0.15) is 0 Å². The first-order valence-electron chi connectivity index (χ1n) is 6.89. The molecule has 1 saturated carbocycles. The smallest absolute Gasteiger partial charge is 0.161 e. The molecular formula is C15H21NO3. The van der Waals surface area contributed by atoms with Gasteiger partial charge in [0.25, 0.3) is 0 Å². The van der Waals surface area contributed by atoms with Crippen molar-refractivity contribution in [2.45, 2.75) is 37.3 Å². The lowest BCUT2D eigenvalue weighted by atomic mass is 10.0. The van der Waals surface area contributed by atoms with E-state index >= 15 is 0 Å². The fraction of sp³-hybridized carbons (Fsp3) is 0.600. The van der Waals surface area contributed by atoms with Crippen LogP contribution >= 0.6 is 0 Å². The number of hydrogen-bond acceptors (Lipinski definition) is 4. The van der Waals surface area contributed by atoms with Crippen molar-refractivity contribution in [3.63, 3.8) is 0 Å². The maximum absolute atomic E-state index is 6.17. The van der Waals surface area contributed by atoms with Crippen LogP contribution in [0.1, 0.15) is 24.8 Å². The highest BCUT2D eigenvalue weighted by atomic mass is 16.6. The molecule has 0 amide bonds. The minimum Gasteiger partial charge on any atom is -0.493 e. The zero-order valence-corrected chi connectivity index (χ0v) is 11.4. The number of hydrogen-bond donors (Lipinski definition) is 1. The second-order valence-electron chi connectivity index (χ2n) is 5.63. The van der Waals surface area contributed by atoms with E-state index in [1.54, 1.807) is 7.11 Å². The average Bonchev–Trinajstić information content (AvgIpc) is 2.91. The summed E-state index contributed by atoms with van der Waals surface area (Å²) in [6, 6.07) is 6.10. The first-order chi connectivity index (χ1) is 9.18. The van der Waals surface area contributed by atoms with E-state index in [0.717, 1.165) is 43.8 Å². The molecule has 2 aliphatic rings. The normalized spacial score (nSPS) is 24.2. The third kappa shape index (κ3) is 3.01. The minimum atomic E-state index is 0.0162. The number of methoxy groups -OCH3 is 1.